The van der Waals surface area contributed by atoms with Gasteiger partial charge in [-0.3, -0.25) is 4.90 Å². The van der Waals surface area contributed by atoms with Crippen molar-refractivity contribution >= 4 is 10.9 Å². The van der Waals surface area contributed by atoms with Gasteiger partial charge in [0.15, 0.2) is 0 Å². The van der Waals surface area contributed by atoms with Gasteiger partial charge in [0, 0.05) is 43.3 Å². The van der Waals surface area contributed by atoms with Crippen LogP contribution in [0.15, 0.2) is 18.2 Å². The van der Waals surface area contributed by atoms with Crippen LogP contribution in [0.3, 0.4) is 0 Å². The predicted molar refractivity (Wildman–Crippen MR) is 92.2 cm³/mol. The van der Waals surface area contributed by atoms with Crippen molar-refractivity contribution in [1.82, 2.24) is 14.8 Å². The number of para-hydroxylation sites is 1. The lowest BCUT2D eigenvalue weighted by atomic mass is 9.96. The molecule has 0 amide bonds. The number of nitrogens with one attached hydrogen (secondary N) is 1. The fourth-order valence-corrected chi connectivity index (χ4v) is 4.46. The molecule has 3 nitrogen and oxygen atoms in total. The molecule has 0 radical (unpaired) electrons. The zero-order valence-electron chi connectivity index (χ0n) is 14.0. The number of likely N-dealkylation sites (N-methyl/N-ethyl adjacent to an activating group) is 1. The van der Waals surface area contributed by atoms with Crippen LogP contribution >= 0.6 is 0 Å². The molecule has 0 unspecified atom stereocenters. The minimum absolute atomic E-state index is 0.755. The van der Waals surface area contributed by atoms with Crippen LogP contribution in [0.4, 0.5) is 0 Å². The molecule has 4 heterocycles. The summed E-state index contributed by atoms with van der Waals surface area (Å²) in [6.45, 7) is 9.25. The standard InChI is InChI=1S/C19H27N3/c1-13-14(2)20-19-16(5-4-6-18(13)19)11-22-10-15-7-8-17(12-22)21(3)9-15/h4-6,15,17,20H,7-12H2,1-3H3/t15-,17-/m1/s1. The van der Waals surface area contributed by atoms with Crippen LogP contribution in [-0.2, 0) is 6.54 Å². The number of rotatable bonds is 2. The second kappa shape index (κ2) is 5.39. The van der Waals surface area contributed by atoms with Crippen LogP contribution in [0.2, 0.25) is 0 Å². The third kappa shape index (κ3) is 2.37. The summed E-state index contributed by atoms with van der Waals surface area (Å²) in [4.78, 5) is 8.88. The Balaban J connectivity index is 1.62. The van der Waals surface area contributed by atoms with Crippen molar-refractivity contribution in [3.63, 3.8) is 0 Å². The van der Waals surface area contributed by atoms with Gasteiger partial charge in [-0.1, -0.05) is 18.2 Å². The minimum atomic E-state index is 0.755. The molecule has 22 heavy (non-hydrogen) atoms. The number of aromatic amines is 1. The Morgan fingerprint density at radius 3 is 2.82 bits per heavy atom. The van der Waals surface area contributed by atoms with Gasteiger partial charge in [-0.15, -0.1) is 0 Å². The fourth-order valence-electron chi connectivity index (χ4n) is 4.46. The topological polar surface area (TPSA) is 22.3 Å². The second-order valence-electron chi connectivity index (χ2n) is 7.45. The smallest absolute Gasteiger partial charge is 0.0504 e. The Morgan fingerprint density at radius 1 is 1.14 bits per heavy atom. The first kappa shape index (κ1) is 14.3. The molecule has 1 N–H and O–H groups in total. The Morgan fingerprint density at radius 2 is 2.00 bits per heavy atom. The quantitative estimate of drug-likeness (QED) is 0.919. The highest BCUT2D eigenvalue weighted by atomic mass is 15.2. The number of benzene rings is 1. The van der Waals surface area contributed by atoms with Crippen molar-refractivity contribution < 1.29 is 0 Å². The van der Waals surface area contributed by atoms with E-state index in [1.807, 2.05) is 0 Å². The van der Waals surface area contributed by atoms with Crippen molar-refractivity contribution in [2.45, 2.75) is 39.3 Å². The summed E-state index contributed by atoms with van der Waals surface area (Å²) in [5, 5.41) is 1.39. The second-order valence-corrected chi connectivity index (χ2v) is 7.45. The van der Waals surface area contributed by atoms with E-state index in [-0.39, 0.29) is 0 Å². The monoisotopic (exact) mass is 297 g/mol. The maximum absolute atomic E-state index is 3.61. The molecule has 2 bridgehead atoms. The molecule has 1 aromatic carbocycles. The third-order valence-electron chi connectivity index (χ3n) is 5.89. The number of hydrogen-bond donors (Lipinski definition) is 1. The maximum Gasteiger partial charge on any atom is 0.0504 e. The highest BCUT2D eigenvalue weighted by Gasteiger charge is 2.32. The van der Waals surface area contributed by atoms with Gasteiger partial charge in [0.2, 0.25) is 0 Å². The molecule has 0 aliphatic carbocycles. The van der Waals surface area contributed by atoms with Gasteiger partial charge in [-0.05, 0) is 50.8 Å². The summed E-state index contributed by atoms with van der Waals surface area (Å²) >= 11 is 0. The van der Waals surface area contributed by atoms with Gasteiger partial charge < -0.3 is 9.88 Å². The highest BCUT2D eigenvalue weighted by molar-refractivity contribution is 5.87. The van der Waals surface area contributed by atoms with E-state index in [2.05, 4.69) is 53.9 Å². The van der Waals surface area contributed by atoms with Gasteiger partial charge in [-0.25, -0.2) is 0 Å². The molecule has 5 rings (SSSR count). The first-order valence-electron chi connectivity index (χ1n) is 8.61. The van der Waals surface area contributed by atoms with E-state index < -0.39 is 0 Å². The predicted octanol–water partition coefficient (Wildman–Crippen LogP) is 3.31. The largest absolute Gasteiger partial charge is 0.358 e. The fraction of sp³-hybridized carbons (Fsp3) is 0.579. The number of hydrogen-bond acceptors (Lipinski definition) is 2. The van der Waals surface area contributed by atoms with Gasteiger partial charge in [-0.2, -0.15) is 0 Å². The molecule has 118 valence electrons. The summed E-state index contributed by atoms with van der Waals surface area (Å²) in [5.74, 6) is 0.857. The van der Waals surface area contributed by atoms with Gasteiger partial charge >= 0.3 is 0 Å². The third-order valence-corrected chi connectivity index (χ3v) is 5.89. The van der Waals surface area contributed by atoms with Crippen LogP contribution in [0.5, 0.6) is 0 Å². The Hall–Kier alpha value is -1.32. The van der Waals surface area contributed by atoms with E-state index in [1.54, 1.807) is 0 Å². The Kier molecular flexibility index (Phi) is 3.50. The molecule has 1 aromatic heterocycles. The van der Waals surface area contributed by atoms with Crippen LogP contribution in [0.25, 0.3) is 10.9 Å². The van der Waals surface area contributed by atoms with Crippen LogP contribution in [0.1, 0.15) is 29.7 Å². The first-order valence-corrected chi connectivity index (χ1v) is 8.61. The molecular weight excluding hydrogens is 270 g/mol. The number of aromatic nitrogens is 1. The highest BCUT2D eigenvalue weighted by Crippen LogP contribution is 2.29. The van der Waals surface area contributed by atoms with E-state index in [0.717, 1.165) is 18.5 Å². The molecule has 3 heteroatoms. The summed E-state index contributed by atoms with van der Waals surface area (Å²) in [7, 11) is 2.30. The zero-order valence-corrected chi connectivity index (χ0v) is 14.0. The van der Waals surface area contributed by atoms with Gasteiger partial charge in [0.25, 0.3) is 0 Å². The van der Waals surface area contributed by atoms with E-state index in [0.29, 0.717) is 0 Å². The van der Waals surface area contributed by atoms with Crippen LogP contribution in [0, 0.1) is 19.8 Å². The first-order chi connectivity index (χ1) is 10.6. The van der Waals surface area contributed by atoms with Crippen molar-refractivity contribution in [2.24, 2.45) is 5.92 Å². The number of piperidine rings is 1. The molecule has 0 saturated carbocycles. The van der Waals surface area contributed by atoms with E-state index >= 15 is 0 Å². The normalized spacial score (nSPS) is 26.7. The van der Waals surface area contributed by atoms with E-state index in [4.69, 9.17) is 0 Å². The number of H-pyrrole nitrogens is 1. The number of fused-ring (bicyclic) bond motifs is 5. The van der Waals surface area contributed by atoms with Crippen molar-refractivity contribution in [1.29, 1.82) is 0 Å². The molecule has 2 aromatic rings. The van der Waals surface area contributed by atoms with Crippen molar-refractivity contribution in [3.8, 4) is 0 Å². The van der Waals surface area contributed by atoms with Gasteiger partial charge in [0.05, 0.1) is 5.52 Å². The summed E-state index contributed by atoms with van der Waals surface area (Å²) < 4.78 is 0. The van der Waals surface area contributed by atoms with Crippen molar-refractivity contribution in [2.75, 3.05) is 26.7 Å². The molecule has 2 atom stereocenters. The lowest BCUT2D eigenvalue weighted by molar-refractivity contribution is 0.165. The number of nitrogens with zero attached hydrogens (tertiary/aromatic N) is 2. The molecule has 3 saturated heterocycles. The Labute approximate surface area is 133 Å². The van der Waals surface area contributed by atoms with E-state index in [9.17, 15) is 0 Å². The lowest BCUT2D eigenvalue weighted by Crippen LogP contribution is -2.40. The lowest BCUT2D eigenvalue weighted by Gasteiger charge is -2.32. The SMILES string of the molecule is Cc1[nH]c2c(CN3C[C@@H]4CC[C@H](C3)N(C)C4)cccc2c1C. The molecule has 3 aliphatic rings. The Bertz CT molecular complexity index is 687. The maximum atomic E-state index is 3.61. The molecular formula is C19H27N3. The molecule has 0 spiro atoms. The van der Waals surface area contributed by atoms with Crippen LogP contribution < -0.4 is 0 Å². The van der Waals surface area contributed by atoms with Crippen LogP contribution in [-0.4, -0.2) is 47.5 Å². The van der Waals surface area contributed by atoms with E-state index in [1.165, 1.54) is 60.2 Å². The molecule has 3 aliphatic heterocycles. The van der Waals surface area contributed by atoms with Gasteiger partial charge in [0.1, 0.15) is 0 Å². The molecule has 3 fully saturated rings. The summed E-state index contributed by atoms with van der Waals surface area (Å²) in [6, 6.07) is 7.52. The van der Waals surface area contributed by atoms with Crippen molar-refractivity contribution in [3.05, 3.63) is 35.0 Å². The average Bonchev–Trinajstić information content (AvgIpc) is 2.66. The zero-order chi connectivity index (χ0) is 15.3. The average molecular weight is 297 g/mol. The number of aryl methyl sites for hydroxylation is 2. The summed E-state index contributed by atoms with van der Waals surface area (Å²) in [6.07, 6.45) is 2.79. The minimum Gasteiger partial charge on any atom is -0.358 e. The summed E-state index contributed by atoms with van der Waals surface area (Å²) in [5.41, 5.74) is 5.51.